The van der Waals surface area contributed by atoms with Gasteiger partial charge in [0, 0.05) is 13.1 Å². The molecule has 0 saturated carbocycles. The number of hydrogen-bond donors (Lipinski definition) is 0. The van der Waals surface area contributed by atoms with E-state index in [0.29, 0.717) is 5.65 Å². The summed E-state index contributed by atoms with van der Waals surface area (Å²) in [6, 6.07) is 0. The number of thiazole rings is 1. The predicted molar refractivity (Wildman–Crippen MR) is 62.6 cm³/mol. The second kappa shape index (κ2) is 4.28. The zero-order valence-electron chi connectivity index (χ0n) is 8.49. The first-order valence-electron chi connectivity index (χ1n) is 4.71. The van der Waals surface area contributed by atoms with E-state index in [1.807, 2.05) is 0 Å². The van der Waals surface area contributed by atoms with Crippen molar-refractivity contribution in [1.29, 1.82) is 0 Å². The van der Waals surface area contributed by atoms with Gasteiger partial charge in [-0.15, -0.1) is 0 Å². The van der Waals surface area contributed by atoms with Crippen LogP contribution in [-0.2, 0) is 0 Å². The minimum absolute atomic E-state index is 0.193. The summed E-state index contributed by atoms with van der Waals surface area (Å²) in [5.74, 6) is 0. The van der Waals surface area contributed by atoms with Crippen LogP contribution in [-0.4, -0.2) is 28.0 Å². The topological polar surface area (TPSA) is 41.9 Å². The summed E-state index contributed by atoms with van der Waals surface area (Å²) in [5.41, 5.74) is 0.627. The van der Waals surface area contributed by atoms with E-state index in [9.17, 15) is 0 Å². The number of fused-ring (bicyclic) bond motifs is 1. The fraction of sp³-hybridized carbons (Fsp3) is 0.444. The van der Waals surface area contributed by atoms with Crippen LogP contribution in [0.4, 0.5) is 5.13 Å². The third-order valence-corrected chi connectivity index (χ3v) is 3.26. The fourth-order valence-corrected chi connectivity index (χ4v) is 2.39. The Bertz CT molecular complexity index is 466. The molecule has 0 atom stereocenters. The van der Waals surface area contributed by atoms with Crippen LogP contribution in [0.3, 0.4) is 0 Å². The van der Waals surface area contributed by atoms with E-state index in [1.165, 1.54) is 11.3 Å². The lowest BCUT2D eigenvalue weighted by Gasteiger charge is -2.15. The minimum atomic E-state index is 0.193. The third-order valence-electron chi connectivity index (χ3n) is 2.08. The van der Waals surface area contributed by atoms with Gasteiger partial charge in [-0.25, -0.2) is 4.98 Å². The van der Waals surface area contributed by atoms with Crippen molar-refractivity contribution in [1.82, 2.24) is 15.0 Å². The summed E-state index contributed by atoms with van der Waals surface area (Å²) in [6.45, 7) is 6.05. The van der Waals surface area contributed by atoms with Crippen LogP contribution >= 0.6 is 22.9 Å². The van der Waals surface area contributed by atoms with Gasteiger partial charge < -0.3 is 4.90 Å². The first kappa shape index (κ1) is 10.6. The number of aromatic nitrogens is 3. The quantitative estimate of drug-likeness (QED) is 0.774. The van der Waals surface area contributed by atoms with Crippen molar-refractivity contribution < 1.29 is 0 Å². The Hall–Kier alpha value is -0.940. The second-order valence-electron chi connectivity index (χ2n) is 2.93. The molecule has 0 bridgehead atoms. The van der Waals surface area contributed by atoms with Crippen molar-refractivity contribution in [3.05, 3.63) is 11.5 Å². The zero-order chi connectivity index (χ0) is 10.8. The van der Waals surface area contributed by atoms with Gasteiger partial charge in [-0.1, -0.05) is 11.3 Å². The van der Waals surface area contributed by atoms with Gasteiger partial charge in [0.2, 0.25) is 5.28 Å². The number of anilines is 1. The van der Waals surface area contributed by atoms with Crippen molar-refractivity contribution >= 4 is 38.4 Å². The summed E-state index contributed by atoms with van der Waals surface area (Å²) in [6.07, 6.45) is 2.83. The molecule has 0 amide bonds. The third kappa shape index (κ3) is 2.03. The van der Waals surface area contributed by atoms with Crippen molar-refractivity contribution in [3.63, 3.8) is 0 Å². The Morgan fingerprint density at radius 2 is 2.07 bits per heavy atom. The maximum absolute atomic E-state index is 5.67. The van der Waals surface area contributed by atoms with E-state index in [2.05, 4.69) is 39.9 Å². The van der Waals surface area contributed by atoms with Crippen LogP contribution in [0.5, 0.6) is 0 Å². The molecule has 0 spiro atoms. The van der Waals surface area contributed by atoms with Crippen LogP contribution in [0.25, 0.3) is 10.3 Å². The molecule has 2 aromatic rings. The molecule has 0 fully saturated rings. The molecule has 0 saturated heterocycles. The first-order valence-corrected chi connectivity index (χ1v) is 5.90. The lowest BCUT2D eigenvalue weighted by molar-refractivity contribution is 0.861. The van der Waals surface area contributed by atoms with Gasteiger partial charge in [0.05, 0.1) is 0 Å². The van der Waals surface area contributed by atoms with E-state index in [1.54, 1.807) is 0 Å². The van der Waals surface area contributed by atoms with Crippen molar-refractivity contribution in [2.24, 2.45) is 0 Å². The molecule has 79 valence electrons. The summed E-state index contributed by atoms with van der Waals surface area (Å²) in [4.78, 5) is 14.4. The van der Waals surface area contributed by atoms with E-state index in [4.69, 9.17) is 11.6 Å². The molecule has 1 radical (unpaired) electrons. The lowest BCUT2D eigenvalue weighted by atomic mass is 10.6. The monoisotopic (exact) mass is 241 g/mol. The summed E-state index contributed by atoms with van der Waals surface area (Å²) in [5, 5.41) is 1.14. The predicted octanol–water partition coefficient (Wildman–Crippen LogP) is 2.39. The highest BCUT2D eigenvalue weighted by molar-refractivity contribution is 7.22. The highest BCUT2D eigenvalue weighted by Gasteiger charge is 2.10. The Morgan fingerprint density at radius 3 is 2.73 bits per heavy atom. The SMILES string of the molecule is CCN(CC)c1nc2nc(Cl)n[c]c2s1. The van der Waals surface area contributed by atoms with Crippen LogP contribution in [0, 0.1) is 6.20 Å². The molecule has 6 heteroatoms. The van der Waals surface area contributed by atoms with Gasteiger partial charge in [-0.2, -0.15) is 9.97 Å². The summed E-state index contributed by atoms with van der Waals surface area (Å²) >= 11 is 7.21. The molecular weight excluding hydrogens is 232 g/mol. The van der Waals surface area contributed by atoms with Crippen LogP contribution in [0.1, 0.15) is 13.8 Å². The molecule has 0 aliphatic carbocycles. The van der Waals surface area contributed by atoms with Crippen LogP contribution < -0.4 is 4.90 Å². The Kier molecular flexibility index (Phi) is 3.02. The van der Waals surface area contributed by atoms with E-state index in [0.717, 1.165) is 22.9 Å². The Balaban J connectivity index is 2.46. The van der Waals surface area contributed by atoms with Crippen molar-refractivity contribution in [3.8, 4) is 0 Å². The molecule has 0 aromatic carbocycles. The van der Waals surface area contributed by atoms with E-state index < -0.39 is 0 Å². The normalized spacial score (nSPS) is 10.9. The lowest BCUT2D eigenvalue weighted by Crippen LogP contribution is -2.21. The number of nitrogens with zero attached hydrogens (tertiary/aromatic N) is 4. The molecule has 2 rings (SSSR count). The van der Waals surface area contributed by atoms with Gasteiger partial charge in [0.25, 0.3) is 0 Å². The summed E-state index contributed by atoms with van der Waals surface area (Å²) in [7, 11) is 0. The molecule has 0 aliphatic rings. The second-order valence-corrected chi connectivity index (χ2v) is 4.24. The Morgan fingerprint density at radius 1 is 1.33 bits per heavy atom. The maximum Gasteiger partial charge on any atom is 0.225 e. The van der Waals surface area contributed by atoms with Crippen LogP contribution in [0.15, 0.2) is 0 Å². The first-order chi connectivity index (χ1) is 7.24. The smallest absolute Gasteiger partial charge is 0.225 e. The van der Waals surface area contributed by atoms with E-state index in [-0.39, 0.29) is 5.28 Å². The zero-order valence-corrected chi connectivity index (χ0v) is 10.1. The van der Waals surface area contributed by atoms with Gasteiger partial charge in [0.1, 0.15) is 10.9 Å². The molecule has 2 aromatic heterocycles. The molecule has 15 heavy (non-hydrogen) atoms. The fourth-order valence-electron chi connectivity index (χ4n) is 1.29. The Labute approximate surface area is 96.9 Å². The number of rotatable bonds is 3. The van der Waals surface area contributed by atoms with Gasteiger partial charge >= 0.3 is 0 Å². The molecular formula is C9H10ClN4S. The highest BCUT2D eigenvalue weighted by atomic mass is 35.5. The van der Waals surface area contributed by atoms with E-state index >= 15 is 0 Å². The largest absolute Gasteiger partial charge is 0.349 e. The maximum atomic E-state index is 5.67. The highest BCUT2D eigenvalue weighted by Crippen LogP contribution is 2.27. The minimum Gasteiger partial charge on any atom is -0.349 e. The molecule has 0 unspecified atom stereocenters. The van der Waals surface area contributed by atoms with Crippen LogP contribution in [0.2, 0.25) is 5.28 Å². The average molecular weight is 242 g/mol. The molecule has 0 aliphatic heterocycles. The molecule has 4 nitrogen and oxygen atoms in total. The van der Waals surface area contributed by atoms with Gasteiger partial charge in [-0.05, 0) is 25.4 Å². The standard InChI is InChI=1S/C9H10ClN4S/c1-3-14(4-2)9-13-7-6(15-9)5-11-8(10)12-7/h3-4H2,1-2H3. The molecule has 0 N–H and O–H groups in total. The summed E-state index contributed by atoms with van der Waals surface area (Å²) < 4.78 is 0.848. The molecule has 2 heterocycles. The number of halogens is 1. The van der Waals surface area contributed by atoms with Gasteiger partial charge in [0.15, 0.2) is 10.8 Å². The number of hydrogen-bond acceptors (Lipinski definition) is 5. The van der Waals surface area contributed by atoms with Crippen molar-refractivity contribution in [2.45, 2.75) is 13.8 Å². The average Bonchev–Trinajstić information content (AvgIpc) is 2.62. The van der Waals surface area contributed by atoms with Gasteiger partial charge in [-0.3, -0.25) is 0 Å². The van der Waals surface area contributed by atoms with Crippen molar-refractivity contribution in [2.75, 3.05) is 18.0 Å².